The molecule has 2 aromatic heterocycles. The second kappa shape index (κ2) is 5.24. The lowest BCUT2D eigenvalue weighted by Gasteiger charge is -2.29. The van der Waals surface area contributed by atoms with E-state index in [1.54, 1.807) is 23.2 Å². The second-order valence-electron chi connectivity index (χ2n) is 4.69. The molecule has 0 aliphatic carbocycles. The molecular formula is C12H14N6O2. The molecule has 2 N–H and O–H groups in total. The minimum atomic E-state index is -0.414. The summed E-state index contributed by atoms with van der Waals surface area (Å²) in [6.45, 7) is 1.19. The van der Waals surface area contributed by atoms with E-state index in [9.17, 15) is 4.79 Å². The molecule has 104 valence electrons. The third kappa shape index (κ3) is 2.44. The van der Waals surface area contributed by atoms with E-state index in [1.165, 1.54) is 0 Å². The molecule has 8 heteroatoms. The average molecular weight is 274 g/mol. The van der Waals surface area contributed by atoms with E-state index in [2.05, 4.69) is 20.3 Å². The molecule has 2 aromatic rings. The second-order valence-corrected chi connectivity index (χ2v) is 4.69. The van der Waals surface area contributed by atoms with Crippen LogP contribution in [0.15, 0.2) is 22.9 Å². The van der Waals surface area contributed by atoms with Crippen molar-refractivity contribution in [1.82, 2.24) is 25.2 Å². The van der Waals surface area contributed by atoms with Crippen molar-refractivity contribution in [3.63, 3.8) is 0 Å². The fraction of sp³-hybridized carbons (Fsp3) is 0.417. The van der Waals surface area contributed by atoms with Crippen molar-refractivity contribution < 1.29 is 9.32 Å². The number of nitrogens with two attached hydrogens (primary N) is 1. The fourth-order valence-electron chi connectivity index (χ4n) is 2.30. The molecule has 1 saturated heterocycles. The Morgan fingerprint density at radius 3 is 3.15 bits per heavy atom. The number of aromatic nitrogens is 4. The highest BCUT2D eigenvalue weighted by molar-refractivity contribution is 5.72. The van der Waals surface area contributed by atoms with Crippen molar-refractivity contribution in [2.75, 3.05) is 13.1 Å². The first kappa shape index (κ1) is 12.5. The van der Waals surface area contributed by atoms with E-state index in [4.69, 9.17) is 10.3 Å². The quantitative estimate of drug-likeness (QED) is 0.866. The number of nitrogens with zero attached hydrogens (tertiary/aromatic N) is 5. The lowest BCUT2D eigenvalue weighted by Crippen LogP contribution is -2.42. The summed E-state index contributed by atoms with van der Waals surface area (Å²) in [5.41, 5.74) is 5.87. The van der Waals surface area contributed by atoms with Crippen molar-refractivity contribution in [3.05, 3.63) is 24.2 Å². The van der Waals surface area contributed by atoms with Crippen LogP contribution in [0.2, 0.25) is 0 Å². The van der Waals surface area contributed by atoms with Crippen LogP contribution in [0, 0.1) is 0 Å². The average Bonchev–Trinajstić information content (AvgIpc) is 2.98. The number of hydrogen-bond donors (Lipinski definition) is 1. The van der Waals surface area contributed by atoms with Gasteiger partial charge in [-0.2, -0.15) is 10.1 Å². The number of rotatable bonds is 2. The van der Waals surface area contributed by atoms with Gasteiger partial charge in [-0.1, -0.05) is 5.16 Å². The van der Waals surface area contributed by atoms with Gasteiger partial charge in [-0.25, -0.2) is 4.79 Å². The van der Waals surface area contributed by atoms with Gasteiger partial charge in [0.05, 0.1) is 5.92 Å². The van der Waals surface area contributed by atoms with Gasteiger partial charge in [-0.05, 0) is 25.0 Å². The molecule has 1 aliphatic heterocycles. The number of urea groups is 1. The number of primary amides is 1. The first-order valence-corrected chi connectivity index (χ1v) is 6.40. The van der Waals surface area contributed by atoms with Crippen LogP contribution in [0.25, 0.3) is 11.5 Å². The normalized spacial score (nSPS) is 19.0. The molecule has 3 heterocycles. The minimum Gasteiger partial charge on any atom is -0.351 e. The molecule has 0 unspecified atom stereocenters. The SMILES string of the molecule is NC(=O)N1CCC[C@@H](c2nc(-c3cccnn3)no2)C1. The van der Waals surface area contributed by atoms with Gasteiger partial charge in [0, 0.05) is 19.3 Å². The highest BCUT2D eigenvalue weighted by atomic mass is 16.5. The van der Waals surface area contributed by atoms with Crippen molar-refractivity contribution in [2.45, 2.75) is 18.8 Å². The molecule has 0 spiro atoms. The van der Waals surface area contributed by atoms with E-state index >= 15 is 0 Å². The predicted octanol–water partition coefficient (Wildman–Crippen LogP) is 0.785. The van der Waals surface area contributed by atoms with Crippen LogP contribution in [0.1, 0.15) is 24.7 Å². The lowest BCUT2D eigenvalue weighted by molar-refractivity contribution is 0.180. The maximum atomic E-state index is 11.2. The standard InChI is InChI=1S/C12H14N6O2/c13-12(19)18-6-2-3-8(7-18)11-15-10(17-20-11)9-4-1-5-14-16-9/h1,4-5,8H,2-3,6-7H2,(H2,13,19)/t8-/m1/s1. The largest absolute Gasteiger partial charge is 0.351 e. The molecule has 0 saturated carbocycles. The summed E-state index contributed by atoms with van der Waals surface area (Å²) in [6, 6.07) is 3.11. The van der Waals surface area contributed by atoms with Gasteiger partial charge < -0.3 is 15.2 Å². The summed E-state index contributed by atoms with van der Waals surface area (Å²) in [5.74, 6) is 0.940. The smallest absolute Gasteiger partial charge is 0.314 e. The van der Waals surface area contributed by atoms with E-state index in [0.29, 0.717) is 30.5 Å². The number of carbonyl (C=O) groups excluding carboxylic acids is 1. The Bertz CT molecular complexity index is 599. The van der Waals surface area contributed by atoms with Crippen LogP contribution in [0.5, 0.6) is 0 Å². The number of carbonyl (C=O) groups is 1. The Morgan fingerprint density at radius 1 is 1.50 bits per heavy atom. The summed E-state index contributed by atoms with van der Waals surface area (Å²) in [4.78, 5) is 17.2. The molecule has 0 radical (unpaired) electrons. The number of piperidine rings is 1. The molecule has 1 aliphatic rings. The maximum absolute atomic E-state index is 11.2. The first-order valence-electron chi connectivity index (χ1n) is 6.40. The third-order valence-corrected chi connectivity index (χ3v) is 3.33. The zero-order valence-corrected chi connectivity index (χ0v) is 10.8. The monoisotopic (exact) mass is 274 g/mol. The summed E-state index contributed by atoms with van der Waals surface area (Å²) < 4.78 is 5.28. The molecule has 2 amide bonds. The lowest BCUT2D eigenvalue weighted by atomic mass is 9.98. The highest BCUT2D eigenvalue weighted by Crippen LogP contribution is 2.26. The maximum Gasteiger partial charge on any atom is 0.314 e. The predicted molar refractivity (Wildman–Crippen MR) is 68.5 cm³/mol. The summed E-state index contributed by atoms with van der Waals surface area (Å²) in [5, 5.41) is 11.6. The molecular weight excluding hydrogens is 260 g/mol. The van der Waals surface area contributed by atoms with Crippen molar-refractivity contribution >= 4 is 6.03 Å². The Hall–Kier alpha value is -2.51. The third-order valence-electron chi connectivity index (χ3n) is 3.33. The zero-order valence-electron chi connectivity index (χ0n) is 10.8. The van der Waals surface area contributed by atoms with Crippen molar-refractivity contribution in [2.24, 2.45) is 5.73 Å². The van der Waals surface area contributed by atoms with Crippen LogP contribution in [0.4, 0.5) is 4.79 Å². The summed E-state index contributed by atoms with van der Waals surface area (Å²) in [7, 11) is 0. The van der Waals surface area contributed by atoms with Crippen LogP contribution in [-0.4, -0.2) is 44.4 Å². The summed E-state index contributed by atoms with van der Waals surface area (Å²) >= 11 is 0. The molecule has 0 bridgehead atoms. The van der Waals surface area contributed by atoms with E-state index in [1.807, 2.05) is 0 Å². The number of likely N-dealkylation sites (tertiary alicyclic amines) is 1. The van der Waals surface area contributed by atoms with Crippen LogP contribution < -0.4 is 5.73 Å². The number of hydrogen-bond acceptors (Lipinski definition) is 6. The fourth-order valence-corrected chi connectivity index (χ4v) is 2.30. The van der Waals surface area contributed by atoms with Gasteiger partial charge in [0.1, 0.15) is 5.69 Å². The topological polar surface area (TPSA) is 111 Å². The molecule has 1 atom stereocenters. The van der Waals surface area contributed by atoms with E-state index < -0.39 is 6.03 Å². The van der Waals surface area contributed by atoms with Crippen LogP contribution in [-0.2, 0) is 0 Å². The Kier molecular flexibility index (Phi) is 3.28. The first-order chi connectivity index (χ1) is 9.74. The van der Waals surface area contributed by atoms with Gasteiger partial charge in [-0.3, -0.25) is 0 Å². The molecule has 1 fully saturated rings. The molecule has 8 nitrogen and oxygen atoms in total. The summed E-state index contributed by atoms with van der Waals surface area (Å²) in [6.07, 6.45) is 3.35. The van der Waals surface area contributed by atoms with Crippen molar-refractivity contribution in [1.29, 1.82) is 0 Å². The van der Waals surface area contributed by atoms with Gasteiger partial charge in [0.15, 0.2) is 0 Å². The Labute approximate surface area is 115 Å². The van der Waals surface area contributed by atoms with E-state index in [0.717, 1.165) is 12.8 Å². The van der Waals surface area contributed by atoms with Gasteiger partial charge in [-0.15, -0.1) is 5.10 Å². The highest BCUT2D eigenvalue weighted by Gasteiger charge is 2.27. The van der Waals surface area contributed by atoms with Gasteiger partial charge >= 0.3 is 6.03 Å². The van der Waals surface area contributed by atoms with Crippen molar-refractivity contribution in [3.8, 4) is 11.5 Å². The van der Waals surface area contributed by atoms with Gasteiger partial charge in [0.2, 0.25) is 11.7 Å². The van der Waals surface area contributed by atoms with E-state index in [-0.39, 0.29) is 5.92 Å². The Balaban J connectivity index is 1.78. The zero-order chi connectivity index (χ0) is 13.9. The minimum absolute atomic E-state index is 0.0224. The number of amides is 2. The molecule has 0 aromatic carbocycles. The Morgan fingerprint density at radius 2 is 2.40 bits per heavy atom. The van der Waals surface area contributed by atoms with Crippen LogP contribution in [0.3, 0.4) is 0 Å². The molecule has 3 rings (SSSR count). The molecule has 20 heavy (non-hydrogen) atoms. The van der Waals surface area contributed by atoms with Crippen LogP contribution >= 0.6 is 0 Å². The van der Waals surface area contributed by atoms with Gasteiger partial charge in [0.25, 0.3) is 0 Å².